The number of carbonyl (C=O) groups is 2. The number of benzene rings is 3. The Morgan fingerprint density at radius 2 is 1.58 bits per heavy atom. The molecule has 1 atom stereocenters. The number of amides is 2. The standard InChI is InChI=1S/C26H28N2O3/c1-19-9-7-8-12-22(19)18-28(25(29)17-21-10-5-4-6-11-21)20(2)26(30)27-23-13-15-24(31-3)16-14-23/h4-16,20H,17-18H2,1-3H3,(H,27,30). The Balaban J connectivity index is 1.80. The summed E-state index contributed by atoms with van der Waals surface area (Å²) in [6.07, 6.45) is 0.243. The predicted octanol–water partition coefficient (Wildman–Crippen LogP) is 4.60. The van der Waals surface area contributed by atoms with Gasteiger partial charge in [0, 0.05) is 12.2 Å². The summed E-state index contributed by atoms with van der Waals surface area (Å²) in [5.74, 6) is 0.386. The number of hydrogen-bond donors (Lipinski definition) is 1. The molecule has 0 bridgehead atoms. The first-order chi connectivity index (χ1) is 15.0. The van der Waals surface area contributed by atoms with Crippen LogP contribution < -0.4 is 10.1 Å². The van der Waals surface area contributed by atoms with E-state index >= 15 is 0 Å². The summed E-state index contributed by atoms with van der Waals surface area (Å²) in [5, 5.41) is 2.90. The zero-order valence-corrected chi connectivity index (χ0v) is 18.2. The lowest BCUT2D eigenvalue weighted by atomic mass is 10.1. The molecule has 0 heterocycles. The van der Waals surface area contributed by atoms with Gasteiger partial charge in [0.05, 0.1) is 13.5 Å². The van der Waals surface area contributed by atoms with Gasteiger partial charge in [-0.05, 0) is 54.8 Å². The van der Waals surface area contributed by atoms with E-state index in [-0.39, 0.29) is 18.2 Å². The molecule has 5 heteroatoms. The molecule has 3 aromatic rings. The number of nitrogens with zero attached hydrogens (tertiary/aromatic N) is 1. The molecule has 3 rings (SSSR count). The molecule has 0 aliphatic rings. The summed E-state index contributed by atoms with van der Waals surface area (Å²) in [7, 11) is 1.59. The first kappa shape index (κ1) is 22.1. The van der Waals surface area contributed by atoms with Gasteiger partial charge in [0.25, 0.3) is 0 Å². The highest BCUT2D eigenvalue weighted by atomic mass is 16.5. The minimum atomic E-state index is -0.641. The van der Waals surface area contributed by atoms with Crippen molar-refractivity contribution in [1.29, 1.82) is 0 Å². The highest BCUT2D eigenvalue weighted by molar-refractivity contribution is 5.97. The van der Waals surface area contributed by atoms with Crippen molar-refractivity contribution in [2.75, 3.05) is 12.4 Å². The molecule has 1 unspecified atom stereocenters. The van der Waals surface area contributed by atoms with E-state index in [1.54, 1.807) is 43.2 Å². The molecule has 0 aromatic heterocycles. The Labute approximate surface area is 183 Å². The van der Waals surface area contributed by atoms with Gasteiger partial charge in [-0.1, -0.05) is 54.6 Å². The van der Waals surface area contributed by atoms with Crippen LogP contribution in [0.2, 0.25) is 0 Å². The van der Waals surface area contributed by atoms with Gasteiger partial charge >= 0.3 is 0 Å². The van der Waals surface area contributed by atoms with Gasteiger partial charge in [0.1, 0.15) is 11.8 Å². The third-order valence-electron chi connectivity index (χ3n) is 5.32. The maximum atomic E-state index is 13.2. The maximum absolute atomic E-state index is 13.2. The molecule has 0 aliphatic heterocycles. The van der Waals surface area contributed by atoms with Crippen LogP contribution in [0.1, 0.15) is 23.6 Å². The third-order valence-corrected chi connectivity index (χ3v) is 5.32. The Morgan fingerprint density at radius 1 is 0.935 bits per heavy atom. The fraction of sp³-hybridized carbons (Fsp3) is 0.231. The Hall–Kier alpha value is -3.60. The molecule has 31 heavy (non-hydrogen) atoms. The summed E-state index contributed by atoms with van der Waals surface area (Å²) >= 11 is 0. The number of carbonyl (C=O) groups excluding carboxylic acids is 2. The molecule has 0 spiro atoms. The van der Waals surface area contributed by atoms with Crippen LogP contribution in [-0.4, -0.2) is 29.9 Å². The first-order valence-electron chi connectivity index (χ1n) is 10.3. The van der Waals surface area contributed by atoms with Gasteiger partial charge in [-0.2, -0.15) is 0 Å². The van der Waals surface area contributed by atoms with Crippen LogP contribution in [0.25, 0.3) is 0 Å². The molecule has 0 saturated heterocycles. The molecule has 0 aliphatic carbocycles. The maximum Gasteiger partial charge on any atom is 0.246 e. The van der Waals surface area contributed by atoms with E-state index in [2.05, 4.69) is 5.32 Å². The van der Waals surface area contributed by atoms with Crippen molar-refractivity contribution >= 4 is 17.5 Å². The lowest BCUT2D eigenvalue weighted by molar-refractivity contribution is -0.138. The second kappa shape index (κ2) is 10.4. The molecule has 1 N–H and O–H groups in total. The van der Waals surface area contributed by atoms with Crippen molar-refractivity contribution < 1.29 is 14.3 Å². The van der Waals surface area contributed by atoms with Crippen LogP contribution in [0.3, 0.4) is 0 Å². The minimum Gasteiger partial charge on any atom is -0.497 e. The molecule has 3 aromatic carbocycles. The van der Waals surface area contributed by atoms with Gasteiger partial charge in [0.15, 0.2) is 0 Å². The molecule has 0 radical (unpaired) electrons. The van der Waals surface area contributed by atoms with Crippen molar-refractivity contribution in [2.45, 2.75) is 32.9 Å². The van der Waals surface area contributed by atoms with E-state index in [4.69, 9.17) is 4.74 Å². The molecule has 160 valence electrons. The molecular formula is C26H28N2O3. The zero-order chi connectivity index (χ0) is 22.2. The fourth-order valence-electron chi connectivity index (χ4n) is 3.35. The fourth-order valence-corrected chi connectivity index (χ4v) is 3.35. The number of anilines is 1. The largest absolute Gasteiger partial charge is 0.497 e. The average molecular weight is 417 g/mol. The van der Waals surface area contributed by atoms with Crippen LogP contribution in [0, 0.1) is 6.92 Å². The van der Waals surface area contributed by atoms with E-state index in [1.165, 1.54) is 0 Å². The smallest absolute Gasteiger partial charge is 0.246 e. The summed E-state index contributed by atoms with van der Waals surface area (Å²) < 4.78 is 5.16. The Bertz CT molecular complexity index is 1020. The van der Waals surface area contributed by atoms with Gasteiger partial charge in [-0.3, -0.25) is 9.59 Å². The number of hydrogen-bond acceptors (Lipinski definition) is 3. The van der Waals surface area contributed by atoms with Crippen molar-refractivity contribution in [3.05, 3.63) is 95.6 Å². The third kappa shape index (κ3) is 5.95. The average Bonchev–Trinajstić information content (AvgIpc) is 2.79. The van der Waals surface area contributed by atoms with Crippen molar-refractivity contribution in [1.82, 2.24) is 4.90 Å². The highest BCUT2D eigenvalue weighted by Gasteiger charge is 2.26. The summed E-state index contributed by atoms with van der Waals surface area (Å²) in [6, 6.07) is 24.0. The van der Waals surface area contributed by atoms with E-state index in [1.807, 2.05) is 61.5 Å². The molecular weight excluding hydrogens is 388 g/mol. The molecule has 2 amide bonds. The second-order valence-electron chi connectivity index (χ2n) is 7.50. The predicted molar refractivity (Wildman–Crippen MR) is 123 cm³/mol. The lowest BCUT2D eigenvalue weighted by Crippen LogP contribution is -2.45. The van der Waals surface area contributed by atoms with Gasteiger partial charge in [-0.25, -0.2) is 0 Å². The monoisotopic (exact) mass is 416 g/mol. The van der Waals surface area contributed by atoms with E-state index in [0.29, 0.717) is 18.0 Å². The normalized spacial score (nSPS) is 11.5. The summed E-state index contributed by atoms with van der Waals surface area (Å²) in [5.41, 5.74) is 3.69. The highest BCUT2D eigenvalue weighted by Crippen LogP contribution is 2.18. The summed E-state index contributed by atoms with van der Waals surface area (Å²) in [4.78, 5) is 27.9. The van der Waals surface area contributed by atoms with E-state index in [0.717, 1.165) is 16.7 Å². The zero-order valence-electron chi connectivity index (χ0n) is 18.2. The number of ether oxygens (including phenoxy) is 1. The van der Waals surface area contributed by atoms with Crippen molar-refractivity contribution in [2.24, 2.45) is 0 Å². The summed E-state index contributed by atoms with van der Waals surface area (Å²) in [6.45, 7) is 4.15. The van der Waals surface area contributed by atoms with Gasteiger partial charge in [-0.15, -0.1) is 0 Å². The van der Waals surface area contributed by atoms with E-state index in [9.17, 15) is 9.59 Å². The second-order valence-corrected chi connectivity index (χ2v) is 7.50. The van der Waals surface area contributed by atoms with Gasteiger partial charge in [0.2, 0.25) is 11.8 Å². The molecule has 0 fully saturated rings. The van der Waals surface area contributed by atoms with Crippen LogP contribution >= 0.6 is 0 Å². The Kier molecular flexibility index (Phi) is 7.44. The van der Waals surface area contributed by atoms with Crippen LogP contribution in [0.4, 0.5) is 5.69 Å². The SMILES string of the molecule is COc1ccc(NC(=O)C(C)N(Cc2ccccc2C)C(=O)Cc2ccccc2)cc1. The first-order valence-corrected chi connectivity index (χ1v) is 10.3. The Morgan fingerprint density at radius 3 is 2.23 bits per heavy atom. The lowest BCUT2D eigenvalue weighted by Gasteiger charge is -2.29. The van der Waals surface area contributed by atoms with Crippen molar-refractivity contribution in [3.63, 3.8) is 0 Å². The van der Waals surface area contributed by atoms with Gasteiger partial charge < -0.3 is 15.0 Å². The molecule has 5 nitrogen and oxygen atoms in total. The molecule has 0 saturated carbocycles. The van der Waals surface area contributed by atoms with Crippen LogP contribution in [0.5, 0.6) is 5.75 Å². The van der Waals surface area contributed by atoms with Crippen LogP contribution in [0.15, 0.2) is 78.9 Å². The minimum absolute atomic E-state index is 0.0909. The van der Waals surface area contributed by atoms with E-state index < -0.39 is 6.04 Å². The van der Waals surface area contributed by atoms with Crippen LogP contribution in [-0.2, 0) is 22.6 Å². The number of nitrogens with one attached hydrogen (secondary N) is 1. The van der Waals surface area contributed by atoms with Crippen molar-refractivity contribution in [3.8, 4) is 5.75 Å². The number of aryl methyl sites for hydroxylation is 1. The number of rotatable bonds is 8. The quantitative estimate of drug-likeness (QED) is 0.584. The number of methoxy groups -OCH3 is 1. The topological polar surface area (TPSA) is 58.6 Å².